The molecule has 0 amide bonds. The Balaban J connectivity index is 1.54. The highest BCUT2D eigenvalue weighted by atomic mass is 16.6. The maximum atomic E-state index is 9.18. The Bertz CT molecular complexity index is 1190. The minimum Gasteiger partial charge on any atom is -0.497 e. The summed E-state index contributed by atoms with van der Waals surface area (Å²) in [5.74, 6) is 1.31. The van der Waals surface area contributed by atoms with Crippen LogP contribution in [0.1, 0.15) is 29.1 Å². The summed E-state index contributed by atoms with van der Waals surface area (Å²) in [6, 6.07) is 7.51. The summed E-state index contributed by atoms with van der Waals surface area (Å²) in [7, 11) is 1.63. The number of rotatable bonds is 8. The van der Waals surface area contributed by atoms with E-state index in [0.29, 0.717) is 18.8 Å². The summed E-state index contributed by atoms with van der Waals surface area (Å²) in [4.78, 5) is 14.6. The van der Waals surface area contributed by atoms with Gasteiger partial charge in [-0.1, -0.05) is 5.16 Å². The fraction of sp³-hybridized carbons (Fsp3) is 0.333. The molecule has 0 unspecified atom stereocenters. The molecule has 4 rings (SSSR count). The highest BCUT2D eigenvalue weighted by Crippen LogP contribution is 2.27. The van der Waals surface area contributed by atoms with E-state index in [0.717, 1.165) is 39.3 Å². The predicted octanol–water partition coefficient (Wildman–Crippen LogP) is 2.64. The highest BCUT2D eigenvalue weighted by molar-refractivity contribution is 5.93. The maximum Gasteiger partial charge on any atom is 0.192 e. The van der Waals surface area contributed by atoms with Gasteiger partial charge in [0.25, 0.3) is 0 Å². The molecule has 3 heterocycles. The van der Waals surface area contributed by atoms with E-state index in [2.05, 4.69) is 38.6 Å². The van der Waals surface area contributed by atoms with Gasteiger partial charge in [0, 0.05) is 18.8 Å². The molecule has 0 saturated heterocycles. The van der Waals surface area contributed by atoms with Crippen molar-refractivity contribution in [3.05, 3.63) is 53.2 Å². The summed E-state index contributed by atoms with van der Waals surface area (Å²) in [6.07, 6.45) is 3.96. The SMILES string of the molecule is COc1ccc(C=NOCc2nc3c4c(C)c(C)n(CCCO)c4ncn3n2)cc1. The van der Waals surface area contributed by atoms with Crippen LogP contribution in [0.5, 0.6) is 5.75 Å². The monoisotopic (exact) mass is 408 g/mol. The molecule has 0 radical (unpaired) electrons. The number of oxime groups is 1. The predicted molar refractivity (Wildman–Crippen MR) is 113 cm³/mol. The van der Waals surface area contributed by atoms with Crippen molar-refractivity contribution in [3.63, 3.8) is 0 Å². The molecule has 1 aromatic carbocycles. The summed E-state index contributed by atoms with van der Waals surface area (Å²) in [5, 5.41) is 18.6. The Morgan fingerprint density at radius 3 is 2.70 bits per heavy atom. The number of aromatic nitrogens is 5. The van der Waals surface area contributed by atoms with Gasteiger partial charge in [-0.3, -0.25) is 0 Å². The number of aliphatic hydroxyl groups excluding tert-OH is 1. The number of fused-ring (bicyclic) bond motifs is 3. The summed E-state index contributed by atoms with van der Waals surface area (Å²) in [5.41, 5.74) is 4.71. The largest absolute Gasteiger partial charge is 0.497 e. The molecule has 0 saturated carbocycles. The molecule has 0 bridgehead atoms. The number of ether oxygens (including phenoxy) is 1. The Morgan fingerprint density at radius 2 is 1.97 bits per heavy atom. The standard InChI is InChI=1S/C21H24N6O3/c1-14-15(2)26(9-4-10-28)20-19(14)21-24-18(25-27(21)13-22-20)12-30-23-11-16-5-7-17(29-3)8-6-16/h5-8,11,13,28H,4,9-10,12H2,1-3H3. The third kappa shape index (κ3) is 3.71. The van der Waals surface area contributed by atoms with Crippen LogP contribution in [0, 0.1) is 13.8 Å². The lowest BCUT2D eigenvalue weighted by molar-refractivity contribution is 0.126. The maximum absolute atomic E-state index is 9.18. The minimum absolute atomic E-state index is 0.143. The van der Waals surface area contributed by atoms with Crippen molar-refractivity contribution < 1.29 is 14.7 Å². The number of methoxy groups -OCH3 is 1. The average Bonchev–Trinajstić information content (AvgIpc) is 3.29. The van der Waals surface area contributed by atoms with Gasteiger partial charge in [0.1, 0.15) is 17.7 Å². The van der Waals surface area contributed by atoms with Gasteiger partial charge in [-0.25, -0.2) is 14.5 Å². The molecule has 4 aromatic rings. The number of hydrogen-bond acceptors (Lipinski definition) is 7. The van der Waals surface area contributed by atoms with Crippen LogP contribution in [0.4, 0.5) is 0 Å². The molecule has 0 fully saturated rings. The van der Waals surface area contributed by atoms with Gasteiger partial charge in [0.05, 0.1) is 18.7 Å². The summed E-state index contributed by atoms with van der Waals surface area (Å²) < 4.78 is 8.92. The van der Waals surface area contributed by atoms with E-state index in [-0.39, 0.29) is 13.2 Å². The zero-order valence-electron chi connectivity index (χ0n) is 17.2. The number of benzene rings is 1. The first-order chi connectivity index (χ1) is 14.6. The zero-order valence-corrected chi connectivity index (χ0v) is 17.2. The second kappa shape index (κ2) is 8.50. The lowest BCUT2D eigenvalue weighted by Gasteiger charge is -2.05. The molecule has 9 heteroatoms. The molecule has 9 nitrogen and oxygen atoms in total. The van der Waals surface area contributed by atoms with Crippen LogP contribution in [0.25, 0.3) is 16.7 Å². The Morgan fingerprint density at radius 1 is 1.17 bits per heavy atom. The van der Waals surface area contributed by atoms with Crippen molar-refractivity contribution in [1.82, 2.24) is 24.1 Å². The Kier molecular flexibility index (Phi) is 5.62. The minimum atomic E-state index is 0.143. The van der Waals surface area contributed by atoms with Gasteiger partial charge in [0.2, 0.25) is 0 Å². The normalized spacial score (nSPS) is 11.7. The first-order valence-electron chi connectivity index (χ1n) is 9.72. The summed E-state index contributed by atoms with van der Waals surface area (Å²) >= 11 is 0. The van der Waals surface area contributed by atoms with E-state index in [4.69, 9.17) is 9.57 Å². The van der Waals surface area contributed by atoms with E-state index < -0.39 is 0 Å². The lowest BCUT2D eigenvalue weighted by atomic mass is 10.2. The molecule has 156 valence electrons. The first-order valence-corrected chi connectivity index (χ1v) is 9.72. The average molecular weight is 408 g/mol. The number of aliphatic hydroxyl groups is 1. The van der Waals surface area contributed by atoms with Crippen molar-refractivity contribution in [2.45, 2.75) is 33.4 Å². The Labute approximate surface area is 173 Å². The molecule has 0 aliphatic carbocycles. The molecular formula is C21H24N6O3. The van der Waals surface area contributed by atoms with Crippen LogP contribution < -0.4 is 4.74 Å². The van der Waals surface area contributed by atoms with Crippen LogP contribution in [-0.4, -0.2) is 49.2 Å². The highest BCUT2D eigenvalue weighted by Gasteiger charge is 2.17. The van der Waals surface area contributed by atoms with Crippen LogP contribution >= 0.6 is 0 Å². The van der Waals surface area contributed by atoms with Crippen LogP contribution in [0.2, 0.25) is 0 Å². The van der Waals surface area contributed by atoms with Gasteiger partial charge < -0.3 is 19.2 Å². The zero-order chi connectivity index (χ0) is 21.1. The van der Waals surface area contributed by atoms with Gasteiger partial charge in [-0.2, -0.15) is 0 Å². The van der Waals surface area contributed by atoms with E-state index in [9.17, 15) is 5.11 Å². The van der Waals surface area contributed by atoms with Gasteiger partial charge in [-0.05, 0) is 55.7 Å². The van der Waals surface area contributed by atoms with Crippen LogP contribution in [0.15, 0.2) is 35.7 Å². The molecular weight excluding hydrogens is 384 g/mol. The van der Waals surface area contributed by atoms with Gasteiger partial charge in [-0.15, -0.1) is 5.10 Å². The molecule has 3 aromatic heterocycles. The molecule has 30 heavy (non-hydrogen) atoms. The van der Waals surface area contributed by atoms with Crippen molar-refractivity contribution in [2.75, 3.05) is 13.7 Å². The molecule has 0 atom stereocenters. The van der Waals surface area contributed by atoms with E-state index in [1.165, 1.54) is 0 Å². The second-order valence-corrected chi connectivity index (χ2v) is 6.96. The van der Waals surface area contributed by atoms with Gasteiger partial charge >= 0.3 is 0 Å². The first kappa shape index (κ1) is 19.8. The van der Waals surface area contributed by atoms with Crippen molar-refractivity contribution in [3.8, 4) is 5.75 Å². The number of hydrogen-bond donors (Lipinski definition) is 1. The van der Waals surface area contributed by atoms with E-state index in [1.807, 2.05) is 24.3 Å². The third-order valence-corrected chi connectivity index (χ3v) is 5.12. The molecule has 0 aliphatic rings. The topological polar surface area (TPSA) is 99.1 Å². The lowest BCUT2D eigenvalue weighted by Crippen LogP contribution is -2.03. The molecule has 1 N–H and O–H groups in total. The van der Waals surface area contributed by atoms with Crippen molar-refractivity contribution >= 4 is 22.9 Å². The Hall–Kier alpha value is -3.46. The summed E-state index contributed by atoms with van der Waals surface area (Å²) in [6.45, 7) is 5.11. The van der Waals surface area contributed by atoms with Gasteiger partial charge in [0.15, 0.2) is 18.1 Å². The smallest absolute Gasteiger partial charge is 0.192 e. The fourth-order valence-corrected chi connectivity index (χ4v) is 3.42. The number of nitrogens with zero attached hydrogens (tertiary/aromatic N) is 6. The molecule has 0 spiro atoms. The van der Waals surface area contributed by atoms with Crippen LogP contribution in [-0.2, 0) is 18.0 Å². The van der Waals surface area contributed by atoms with E-state index >= 15 is 0 Å². The number of aryl methyl sites for hydroxylation is 2. The third-order valence-electron chi connectivity index (χ3n) is 5.12. The van der Waals surface area contributed by atoms with E-state index in [1.54, 1.807) is 24.2 Å². The fourth-order valence-electron chi connectivity index (χ4n) is 3.42. The molecule has 0 aliphatic heterocycles. The van der Waals surface area contributed by atoms with Crippen molar-refractivity contribution in [2.24, 2.45) is 5.16 Å². The second-order valence-electron chi connectivity index (χ2n) is 6.96. The van der Waals surface area contributed by atoms with Crippen LogP contribution in [0.3, 0.4) is 0 Å². The quantitative estimate of drug-likeness (QED) is 0.355. The van der Waals surface area contributed by atoms with Crippen molar-refractivity contribution in [1.29, 1.82) is 0 Å².